The van der Waals surface area contributed by atoms with Crippen LogP contribution in [0.1, 0.15) is 26.7 Å². The summed E-state index contributed by atoms with van der Waals surface area (Å²) in [6, 6.07) is 0.135. The quantitative estimate of drug-likeness (QED) is 0.728. The highest BCUT2D eigenvalue weighted by molar-refractivity contribution is 5.79. The van der Waals surface area contributed by atoms with E-state index in [0.29, 0.717) is 39.0 Å². The van der Waals surface area contributed by atoms with E-state index >= 15 is 0 Å². The number of carbonyl (C=O) groups excluding carboxylic acids is 2. The van der Waals surface area contributed by atoms with E-state index in [1.807, 2.05) is 23.6 Å². The highest BCUT2D eigenvalue weighted by Gasteiger charge is 2.36. The Kier molecular flexibility index (Phi) is 3.47. The van der Waals surface area contributed by atoms with Crippen LogP contribution < -0.4 is 11.1 Å². The van der Waals surface area contributed by atoms with Crippen molar-refractivity contribution in [2.24, 2.45) is 5.73 Å². The molecule has 2 fully saturated rings. The third-order valence-electron chi connectivity index (χ3n) is 3.57. The summed E-state index contributed by atoms with van der Waals surface area (Å²) in [5.74, 6) is 0.146. The van der Waals surface area contributed by atoms with E-state index in [0.717, 1.165) is 0 Å². The fourth-order valence-electron chi connectivity index (χ4n) is 2.42. The van der Waals surface area contributed by atoms with Crippen LogP contribution in [0.15, 0.2) is 0 Å². The number of nitrogens with one attached hydrogen (secondary N) is 1. The first-order valence-corrected chi connectivity index (χ1v) is 6.48. The maximum atomic E-state index is 12.1. The van der Waals surface area contributed by atoms with Crippen molar-refractivity contribution in [3.05, 3.63) is 0 Å². The van der Waals surface area contributed by atoms with E-state index < -0.39 is 0 Å². The zero-order valence-electron chi connectivity index (χ0n) is 11.1. The lowest BCUT2D eigenvalue weighted by Crippen LogP contribution is -2.54. The molecule has 18 heavy (non-hydrogen) atoms. The Morgan fingerprint density at radius 3 is 2.89 bits per heavy atom. The lowest BCUT2D eigenvalue weighted by Gasteiger charge is -2.36. The number of piperazine rings is 1. The topological polar surface area (TPSA) is 78.7 Å². The van der Waals surface area contributed by atoms with Gasteiger partial charge >= 0.3 is 6.03 Å². The largest absolute Gasteiger partial charge is 0.339 e. The van der Waals surface area contributed by atoms with Gasteiger partial charge in [-0.05, 0) is 20.3 Å². The average molecular weight is 254 g/mol. The number of hydrogen-bond acceptors (Lipinski definition) is 3. The number of hydrogen-bond donors (Lipinski definition) is 2. The Morgan fingerprint density at radius 1 is 1.50 bits per heavy atom. The lowest BCUT2D eigenvalue weighted by molar-refractivity contribution is -0.133. The molecule has 2 heterocycles. The van der Waals surface area contributed by atoms with Crippen molar-refractivity contribution in [1.82, 2.24) is 15.1 Å². The summed E-state index contributed by atoms with van der Waals surface area (Å²) in [5, 5.41) is 2.81. The molecule has 3 amide bonds. The second kappa shape index (κ2) is 4.76. The highest BCUT2D eigenvalue weighted by atomic mass is 16.2. The molecule has 3 N–H and O–H groups in total. The van der Waals surface area contributed by atoms with Gasteiger partial charge in [0.05, 0.1) is 6.04 Å². The standard InChI is InChI=1S/C12H22N4O2/c1-12(2,13)4-3-10(17)15-5-6-16-9(8-15)7-14-11(16)18/h9H,3-8,13H2,1-2H3,(H,14,18). The third-order valence-corrected chi connectivity index (χ3v) is 3.57. The van der Waals surface area contributed by atoms with Gasteiger partial charge in [-0.25, -0.2) is 4.79 Å². The molecule has 0 aliphatic carbocycles. The smallest absolute Gasteiger partial charge is 0.317 e. The first-order chi connectivity index (χ1) is 8.37. The SMILES string of the molecule is CC(C)(N)CCC(=O)N1CCN2C(=O)NCC2C1. The van der Waals surface area contributed by atoms with Crippen LogP contribution >= 0.6 is 0 Å². The Hall–Kier alpha value is -1.30. The molecule has 0 spiro atoms. The fourth-order valence-corrected chi connectivity index (χ4v) is 2.42. The molecule has 0 aromatic heterocycles. The van der Waals surface area contributed by atoms with Gasteiger partial charge in [-0.15, -0.1) is 0 Å². The van der Waals surface area contributed by atoms with Crippen molar-refractivity contribution in [3.63, 3.8) is 0 Å². The zero-order chi connectivity index (χ0) is 13.3. The second-order valence-electron chi connectivity index (χ2n) is 5.86. The molecule has 1 unspecified atom stereocenters. The first-order valence-electron chi connectivity index (χ1n) is 6.48. The summed E-state index contributed by atoms with van der Waals surface area (Å²) in [5.41, 5.74) is 5.58. The molecule has 2 aliphatic rings. The van der Waals surface area contributed by atoms with Crippen LogP contribution in [-0.4, -0.2) is 59.5 Å². The molecule has 0 aromatic rings. The van der Waals surface area contributed by atoms with Gasteiger partial charge in [0.25, 0.3) is 0 Å². The van der Waals surface area contributed by atoms with Crippen molar-refractivity contribution < 1.29 is 9.59 Å². The fraction of sp³-hybridized carbons (Fsp3) is 0.833. The minimum absolute atomic E-state index is 0.00445. The third kappa shape index (κ3) is 2.93. The second-order valence-corrected chi connectivity index (χ2v) is 5.86. The summed E-state index contributed by atoms with van der Waals surface area (Å²) < 4.78 is 0. The number of fused-ring (bicyclic) bond motifs is 1. The molecule has 1 atom stereocenters. The highest BCUT2D eigenvalue weighted by Crippen LogP contribution is 2.16. The molecular formula is C12H22N4O2. The maximum absolute atomic E-state index is 12.1. The number of nitrogens with zero attached hydrogens (tertiary/aromatic N) is 2. The number of carbonyl (C=O) groups is 2. The van der Waals surface area contributed by atoms with Crippen molar-refractivity contribution in [2.75, 3.05) is 26.2 Å². The maximum Gasteiger partial charge on any atom is 0.317 e. The van der Waals surface area contributed by atoms with E-state index in [4.69, 9.17) is 5.73 Å². The molecular weight excluding hydrogens is 232 g/mol. The van der Waals surface area contributed by atoms with Gasteiger partial charge in [-0.1, -0.05) is 0 Å². The van der Waals surface area contributed by atoms with Crippen LogP contribution in [0.2, 0.25) is 0 Å². The summed E-state index contributed by atoms with van der Waals surface area (Å²) >= 11 is 0. The molecule has 6 heteroatoms. The molecule has 102 valence electrons. The normalized spacial score (nSPS) is 23.9. The molecule has 2 saturated heterocycles. The van der Waals surface area contributed by atoms with Gasteiger partial charge in [0.15, 0.2) is 0 Å². The minimum atomic E-state index is -0.303. The van der Waals surface area contributed by atoms with Crippen LogP contribution in [0, 0.1) is 0 Å². The summed E-state index contributed by atoms with van der Waals surface area (Å²) in [7, 11) is 0. The number of amides is 3. The van der Waals surface area contributed by atoms with Gasteiger partial charge in [0, 0.05) is 38.1 Å². The van der Waals surface area contributed by atoms with E-state index in [1.165, 1.54) is 0 Å². The van der Waals surface area contributed by atoms with Crippen molar-refractivity contribution in [2.45, 2.75) is 38.3 Å². The van der Waals surface area contributed by atoms with E-state index in [2.05, 4.69) is 5.32 Å². The van der Waals surface area contributed by atoms with Crippen LogP contribution in [0.25, 0.3) is 0 Å². The average Bonchev–Trinajstić information content (AvgIpc) is 2.66. The van der Waals surface area contributed by atoms with E-state index in [9.17, 15) is 9.59 Å². The molecule has 2 rings (SSSR count). The number of nitrogens with two attached hydrogens (primary N) is 1. The molecule has 0 saturated carbocycles. The predicted octanol–water partition coefficient (Wildman–Crippen LogP) is -0.260. The first kappa shape index (κ1) is 13.1. The molecule has 0 aromatic carbocycles. The van der Waals surface area contributed by atoms with Gasteiger partial charge in [-0.2, -0.15) is 0 Å². The number of urea groups is 1. The summed E-state index contributed by atoms with van der Waals surface area (Å²) in [4.78, 5) is 27.2. The van der Waals surface area contributed by atoms with E-state index in [1.54, 1.807) is 0 Å². The summed E-state index contributed by atoms with van der Waals surface area (Å²) in [6.45, 7) is 6.41. The van der Waals surface area contributed by atoms with Gasteiger partial charge < -0.3 is 20.9 Å². The van der Waals surface area contributed by atoms with Gasteiger partial charge in [0.1, 0.15) is 0 Å². The Balaban J connectivity index is 1.84. The molecule has 0 radical (unpaired) electrons. The van der Waals surface area contributed by atoms with Crippen molar-refractivity contribution >= 4 is 11.9 Å². The lowest BCUT2D eigenvalue weighted by atomic mass is 9.99. The zero-order valence-corrected chi connectivity index (χ0v) is 11.1. The van der Waals surface area contributed by atoms with Crippen LogP contribution in [0.4, 0.5) is 4.79 Å². The van der Waals surface area contributed by atoms with Crippen molar-refractivity contribution in [1.29, 1.82) is 0 Å². The van der Waals surface area contributed by atoms with Crippen LogP contribution in [-0.2, 0) is 4.79 Å². The van der Waals surface area contributed by atoms with Crippen molar-refractivity contribution in [3.8, 4) is 0 Å². The molecule has 6 nitrogen and oxygen atoms in total. The van der Waals surface area contributed by atoms with Crippen LogP contribution in [0.3, 0.4) is 0 Å². The molecule has 2 aliphatic heterocycles. The molecule has 0 bridgehead atoms. The Bertz CT molecular complexity index is 350. The van der Waals surface area contributed by atoms with Crippen LogP contribution in [0.5, 0.6) is 0 Å². The summed E-state index contributed by atoms with van der Waals surface area (Å²) in [6.07, 6.45) is 1.17. The predicted molar refractivity (Wildman–Crippen MR) is 68.0 cm³/mol. The minimum Gasteiger partial charge on any atom is -0.339 e. The Labute approximate surface area is 107 Å². The monoisotopic (exact) mass is 254 g/mol. The van der Waals surface area contributed by atoms with Gasteiger partial charge in [0.2, 0.25) is 5.91 Å². The van der Waals surface area contributed by atoms with E-state index in [-0.39, 0.29) is 23.5 Å². The van der Waals surface area contributed by atoms with Gasteiger partial charge in [-0.3, -0.25) is 4.79 Å². The Morgan fingerprint density at radius 2 is 2.22 bits per heavy atom. The number of rotatable bonds is 3.